The van der Waals surface area contributed by atoms with Crippen LogP contribution in [0.15, 0.2) is 18.2 Å². The Morgan fingerprint density at radius 3 is 2.52 bits per heavy atom. The van der Waals surface area contributed by atoms with Crippen LogP contribution in [0, 0.1) is 5.41 Å². The average Bonchev–Trinajstić information content (AvgIpc) is 2.33. The Morgan fingerprint density at radius 1 is 1.29 bits per heavy atom. The maximum Gasteiger partial charge on any atom is 0.0465 e. The van der Waals surface area contributed by atoms with E-state index in [0.29, 0.717) is 11.1 Å². The lowest BCUT2D eigenvalue weighted by Crippen LogP contribution is -2.64. The second-order valence-electron chi connectivity index (χ2n) is 7.73. The van der Waals surface area contributed by atoms with E-state index in [1.165, 1.54) is 0 Å². The molecule has 0 aliphatic carbocycles. The first-order chi connectivity index (χ1) is 9.59. The minimum atomic E-state index is 0.116. The van der Waals surface area contributed by atoms with E-state index in [1.54, 1.807) is 0 Å². The van der Waals surface area contributed by atoms with Crippen molar-refractivity contribution in [1.29, 1.82) is 0 Å². The van der Waals surface area contributed by atoms with Crippen LogP contribution in [0.4, 0.5) is 0 Å². The number of benzene rings is 1. The van der Waals surface area contributed by atoms with Gasteiger partial charge >= 0.3 is 0 Å². The Bertz CT molecular complexity index is 506. The van der Waals surface area contributed by atoms with Crippen LogP contribution in [-0.2, 0) is 6.54 Å². The summed E-state index contributed by atoms with van der Waals surface area (Å²) in [5.41, 5.74) is 1.51. The van der Waals surface area contributed by atoms with Gasteiger partial charge in [-0.15, -0.1) is 0 Å². The number of nitrogens with one attached hydrogen (secondary N) is 1. The summed E-state index contributed by atoms with van der Waals surface area (Å²) in [6.07, 6.45) is 0. The van der Waals surface area contributed by atoms with Gasteiger partial charge in [0.05, 0.1) is 0 Å². The van der Waals surface area contributed by atoms with Crippen molar-refractivity contribution in [2.75, 3.05) is 13.1 Å². The molecule has 2 rings (SSSR count). The third-order valence-corrected chi connectivity index (χ3v) is 5.05. The Labute approximate surface area is 138 Å². The summed E-state index contributed by atoms with van der Waals surface area (Å²) < 4.78 is 0. The van der Waals surface area contributed by atoms with Gasteiger partial charge in [-0.3, -0.25) is 4.90 Å². The molecule has 1 heterocycles. The zero-order valence-electron chi connectivity index (χ0n) is 13.6. The molecule has 1 atom stereocenters. The molecule has 1 N–H and O–H groups in total. The zero-order valence-corrected chi connectivity index (χ0v) is 15.1. The van der Waals surface area contributed by atoms with E-state index in [-0.39, 0.29) is 11.0 Å². The fraction of sp³-hybridized carbons (Fsp3) is 0.647. The second-order valence-corrected chi connectivity index (χ2v) is 8.57. The minimum absolute atomic E-state index is 0.116. The summed E-state index contributed by atoms with van der Waals surface area (Å²) in [7, 11) is 0. The molecule has 2 nitrogen and oxygen atoms in total. The fourth-order valence-electron chi connectivity index (χ4n) is 2.73. The minimum Gasteiger partial charge on any atom is -0.310 e. The molecule has 0 aromatic heterocycles. The molecule has 1 unspecified atom stereocenters. The summed E-state index contributed by atoms with van der Waals surface area (Å²) in [6.45, 7) is 14.3. The zero-order chi connectivity index (χ0) is 15.8. The molecule has 0 amide bonds. The summed E-state index contributed by atoms with van der Waals surface area (Å²) in [6, 6.07) is 6.26. The van der Waals surface area contributed by atoms with E-state index in [4.69, 9.17) is 23.2 Å². The van der Waals surface area contributed by atoms with Crippen molar-refractivity contribution in [3.05, 3.63) is 33.8 Å². The van der Waals surface area contributed by atoms with Crippen molar-refractivity contribution in [1.82, 2.24) is 10.2 Å². The Morgan fingerprint density at radius 2 is 1.95 bits per heavy atom. The standard InChI is InChI=1S/C17H26Cl2N2/c1-16(2,3)15-10-21(17(4,5)11-20-15)9-12-6-7-13(18)8-14(12)19/h6-8,15,20H,9-11H2,1-5H3. The number of nitrogens with zero attached hydrogens (tertiary/aromatic N) is 1. The Hall–Kier alpha value is -0.280. The molecule has 1 aromatic carbocycles. The van der Waals surface area contributed by atoms with Crippen molar-refractivity contribution >= 4 is 23.2 Å². The van der Waals surface area contributed by atoms with Crippen LogP contribution < -0.4 is 5.32 Å². The van der Waals surface area contributed by atoms with E-state index < -0.39 is 0 Å². The van der Waals surface area contributed by atoms with E-state index in [2.05, 4.69) is 44.8 Å². The number of halogens is 2. The fourth-order valence-corrected chi connectivity index (χ4v) is 3.20. The summed E-state index contributed by atoms with van der Waals surface area (Å²) in [4.78, 5) is 2.52. The third kappa shape index (κ3) is 4.13. The Balaban J connectivity index is 2.18. The SMILES string of the molecule is CC(C)(C)C1CN(Cc2ccc(Cl)cc2Cl)C(C)(C)CN1. The highest BCUT2D eigenvalue weighted by Gasteiger charge is 2.38. The predicted molar refractivity (Wildman–Crippen MR) is 92.2 cm³/mol. The van der Waals surface area contributed by atoms with Crippen LogP contribution in [0.25, 0.3) is 0 Å². The van der Waals surface area contributed by atoms with Gasteiger partial charge in [-0.1, -0.05) is 50.0 Å². The molecular weight excluding hydrogens is 303 g/mol. The van der Waals surface area contributed by atoms with Crippen LogP contribution in [0.3, 0.4) is 0 Å². The molecule has 1 fully saturated rings. The average molecular weight is 329 g/mol. The topological polar surface area (TPSA) is 15.3 Å². The van der Waals surface area contributed by atoms with E-state index in [1.807, 2.05) is 18.2 Å². The highest BCUT2D eigenvalue weighted by molar-refractivity contribution is 6.35. The van der Waals surface area contributed by atoms with Gasteiger partial charge in [-0.05, 0) is 37.0 Å². The molecule has 118 valence electrons. The number of hydrogen-bond acceptors (Lipinski definition) is 2. The highest BCUT2D eigenvalue weighted by atomic mass is 35.5. The van der Waals surface area contributed by atoms with Crippen molar-refractivity contribution in [2.24, 2.45) is 5.41 Å². The first-order valence-electron chi connectivity index (χ1n) is 7.52. The molecule has 0 bridgehead atoms. The monoisotopic (exact) mass is 328 g/mol. The molecule has 1 saturated heterocycles. The lowest BCUT2D eigenvalue weighted by molar-refractivity contribution is 0.0296. The quantitative estimate of drug-likeness (QED) is 0.853. The van der Waals surface area contributed by atoms with Crippen LogP contribution in [0.2, 0.25) is 10.0 Å². The normalized spacial score (nSPS) is 23.3. The van der Waals surface area contributed by atoms with Crippen LogP contribution in [-0.4, -0.2) is 29.6 Å². The number of rotatable bonds is 2. The molecule has 0 saturated carbocycles. The molecule has 1 aliphatic rings. The van der Waals surface area contributed by atoms with Crippen LogP contribution in [0.5, 0.6) is 0 Å². The molecule has 4 heteroatoms. The Kier molecular flexibility index (Phi) is 4.94. The molecule has 1 aromatic rings. The summed E-state index contributed by atoms with van der Waals surface area (Å²) >= 11 is 12.3. The summed E-state index contributed by atoms with van der Waals surface area (Å²) in [5.74, 6) is 0. The van der Waals surface area contributed by atoms with Crippen molar-refractivity contribution < 1.29 is 0 Å². The number of piperazine rings is 1. The predicted octanol–water partition coefficient (Wildman–Crippen LogP) is 4.59. The van der Waals surface area contributed by atoms with Gasteiger partial charge in [0.1, 0.15) is 0 Å². The van der Waals surface area contributed by atoms with Gasteiger partial charge in [-0.2, -0.15) is 0 Å². The van der Waals surface area contributed by atoms with E-state index >= 15 is 0 Å². The molecule has 0 radical (unpaired) electrons. The van der Waals surface area contributed by atoms with Crippen molar-refractivity contribution in [3.63, 3.8) is 0 Å². The third-order valence-electron chi connectivity index (χ3n) is 4.46. The van der Waals surface area contributed by atoms with Crippen molar-refractivity contribution in [3.8, 4) is 0 Å². The second kappa shape index (κ2) is 6.08. The van der Waals surface area contributed by atoms with Gasteiger partial charge in [0.15, 0.2) is 0 Å². The summed E-state index contributed by atoms with van der Waals surface area (Å²) in [5, 5.41) is 5.14. The van der Waals surface area contributed by atoms with Gasteiger partial charge in [0, 0.05) is 41.3 Å². The highest BCUT2D eigenvalue weighted by Crippen LogP contribution is 2.30. The smallest absolute Gasteiger partial charge is 0.0465 e. The largest absolute Gasteiger partial charge is 0.310 e. The molecule has 1 aliphatic heterocycles. The molecule has 0 spiro atoms. The van der Waals surface area contributed by atoms with Gasteiger partial charge in [0.2, 0.25) is 0 Å². The number of hydrogen-bond donors (Lipinski definition) is 1. The van der Waals surface area contributed by atoms with Crippen molar-refractivity contribution in [2.45, 2.75) is 52.7 Å². The first-order valence-corrected chi connectivity index (χ1v) is 8.27. The van der Waals surface area contributed by atoms with Gasteiger partial charge in [0.25, 0.3) is 0 Å². The lowest BCUT2D eigenvalue weighted by Gasteiger charge is -2.49. The lowest BCUT2D eigenvalue weighted by atomic mass is 9.82. The van der Waals surface area contributed by atoms with Gasteiger partial charge in [-0.25, -0.2) is 0 Å². The van der Waals surface area contributed by atoms with E-state index in [9.17, 15) is 0 Å². The van der Waals surface area contributed by atoms with Crippen LogP contribution in [0.1, 0.15) is 40.2 Å². The van der Waals surface area contributed by atoms with Gasteiger partial charge < -0.3 is 5.32 Å². The molecule has 21 heavy (non-hydrogen) atoms. The maximum absolute atomic E-state index is 6.34. The first kappa shape index (κ1) is 17.1. The van der Waals surface area contributed by atoms with E-state index in [0.717, 1.165) is 30.2 Å². The molecular formula is C17H26Cl2N2. The van der Waals surface area contributed by atoms with Crippen LogP contribution >= 0.6 is 23.2 Å². The maximum atomic E-state index is 6.34.